The van der Waals surface area contributed by atoms with Crippen molar-refractivity contribution in [2.24, 2.45) is 5.92 Å². The number of aryl methyl sites for hydroxylation is 1. The molecule has 1 atom stereocenters. The predicted octanol–water partition coefficient (Wildman–Crippen LogP) is 4.38. The van der Waals surface area contributed by atoms with E-state index in [2.05, 4.69) is 15.9 Å². The van der Waals surface area contributed by atoms with E-state index in [0.717, 1.165) is 15.6 Å². The van der Waals surface area contributed by atoms with Gasteiger partial charge in [0.1, 0.15) is 5.82 Å². The lowest BCUT2D eigenvalue weighted by atomic mass is 9.92. The van der Waals surface area contributed by atoms with Crippen LogP contribution in [0.5, 0.6) is 0 Å². The molecule has 2 aromatic carbocycles. The van der Waals surface area contributed by atoms with Crippen LogP contribution in [0.25, 0.3) is 0 Å². The molecule has 1 N–H and O–H groups in total. The lowest BCUT2D eigenvalue weighted by Crippen LogP contribution is -2.19. The first-order valence-corrected chi connectivity index (χ1v) is 7.47. The van der Waals surface area contributed by atoms with Crippen molar-refractivity contribution in [1.29, 1.82) is 0 Å². The third-order valence-corrected chi connectivity index (χ3v) is 4.20. The predicted molar refractivity (Wildman–Crippen MR) is 83.8 cm³/mol. The minimum atomic E-state index is -0.869. The lowest BCUT2D eigenvalue weighted by Gasteiger charge is -2.14. The second kappa shape index (κ2) is 6.85. The molecule has 0 bridgehead atoms. The van der Waals surface area contributed by atoms with Crippen LogP contribution in [-0.2, 0) is 17.6 Å². The Morgan fingerprint density at radius 2 is 1.86 bits per heavy atom. The van der Waals surface area contributed by atoms with Gasteiger partial charge in [-0.3, -0.25) is 4.79 Å². The molecule has 0 fully saturated rings. The number of halogens is 2. The van der Waals surface area contributed by atoms with Crippen LogP contribution in [0.3, 0.4) is 0 Å². The van der Waals surface area contributed by atoms with E-state index >= 15 is 0 Å². The van der Waals surface area contributed by atoms with Gasteiger partial charge in [0.15, 0.2) is 0 Å². The van der Waals surface area contributed by atoms with Gasteiger partial charge < -0.3 is 5.11 Å². The van der Waals surface area contributed by atoms with E-state index in [1.807, 2.05) is 31.2 Å². The number of rotatable bonds is 5. The van der Waals surface area contributed by atoms with Gasteiger partial charge in [0.05, 0.1) is 5.92 Å². The Kier molecular flexibility index (Phi) is 5.12. The number of hydrogen-bond acceptors (Lipinski definition) is 1. The molecular weight excluding hydrogens is 335 g/mol. The average molecular weight is 351 g/mol. The monoisotopic (exact) mass is 350 g/mol. The summed E-state index contributed by atoms with van der Waals surface area (Å²) in [5.74, 6) is -1.80. The highest BCUT2D eigenvalue weighted by Gasteiger charge is 2.20. The summed E-state index contributed by atoms with van der Waals surface area (Å²) in [6.45, 7) is 1.99. The molecule has 21 heavy (non-hydrogen) atoms. The molecule has 0 spiro atoms. The van der Waals surface area contributed by atoms with Crippen molar-refractivity contribution >= 4 is 21.9 Å². The van der Waals surface area contributed by atoms with Crippen molar-refractivity contribution in [2.45, 2.75) is 19.8 Å². The number of aliphatic carboxylic acids is 1. The normalized spacial score (nSPS) is 12.1. The molecule has 0 amide bonds. The zero-order chi connectivity index (χ0) is 15.4. The SMILES string of the molecule is Cc1ccc(CC(Cc2cc(F)ccc2Br)C(=O)O)cc1. The summed E-state index contributed by atoms with van der Waals surface area (Å²) in [5, 5.41) is 9.40. The van der Waals surface area contributed by atoms with Gasteiger partial charge in [-0.2, -0.15) is 0 Å². The molecule has 4 heteroatoms. The maximum Gasteiger partial charge on any atom is 0.307 e. The van der Waals surface area contributed by atoms with Gasteiger partial charge >= 0.3 is 5.97 Å². The van der Waals surface area contributed by atoms with Crippen LogP contribution >= 0.6 is 15.9 Å². The Bertz CT molecular complexity index is 638. The Balaban J connectivity index is 2.17. The van der Waals surface area contributed by atoms with Crippen molar-refractivity contribution in [1.82, 2.24) is 0 Å². The van der Waals surface area contributed by atoms with Crippen LogP contribution in [0.1, 0.15) is 16.7 Å². The van der Waals surface area contributed by atoms with E-state index in [-0.39, 0.29) is 5.82 Å². The summed E-state index contributed by atoms with van der Waals surface area (Å²) >= 11 is 3.34. The summed E-state index contributed by atoms with van der Waals surface area (Å²) in [7, 11) is 0. The number of carboxylic acids is 1. The number of hydrogen-bond donors (Lipinski definition) is 1. The summed E-state index contributed by atoms with van der Waals surface area (Å²) in [6.07, 6.45) is 0.722. The van der Waals surface area contributed by atoms with E-state index < -0.39 is 11.9 Å². The van der Waals surface area contributed by atoms with Crippen molar-refractivity contribution < 1.29 is 14.3 Å². The Labute approximate surface area is 131 Å². The highest BCUT2D eigenvalue weighted by Crippen LogP contribution is 2.23. The molecular formula is C17H16BrFO2. The van der Waals surface area contributed by atoms with Gasteiger partial charge in [-0.15, -0.1) is 0 Å². The third-order valence-electron chi connectivity index (χ3n) is 3.43. The molecule has 110 valence electrons. The molecule has 0 aliphatic carbocycles. The molecule has 0 aliphatic rings. The largest absolute Gasteiger partial charge is 0.481 e. The van der Waals surface area contributed by atoms with E-state index in [0.29, 0.717) is 18.4 Å². The molecule has 0 heterocycles. The molecule has 0 saturated carbocycles. The third kappa shape index (κ3) is 4.39. The summed E-state index contributed by atoms with van der Waals surface area (Å²) < 4.78 is 14.0. The van der Waals surface area contributed by atoms with Crippen molar-refractivity contribution in [2.75, 3.05) is 0 Å². The first kappa shape index (κ1) is 15.7. The first-order chi connectivity index (χ1) is 9.95. The number of carboxylic acid groups (broad SMARTS) is 1. The summed E-state index contributed by atoms with van der Waals surface area (Å²) in [6, 6.07) is 12.1. The summed E-state index contributed by atoms with van der Waals surface area (Å²) in [4.78, 5) is 11.5. The highest BCUT2D eigenvalue weighted by atomic mass is 79.9. The molecule has 0 aromatic heterocycles. The summed E-state index contributed by atoms with van der Waals surface area (Å²) in [5.41, 5.74) is 2.79. The second-order valence-corrected chi connectivity index (χ2v) is 6.02. The maximum atomic E-state index is 13.3. The quantitative estimate of drug-likeness (QED) is 0.868. The molecule has 0 radical (unpaired) electrons. The topological polar surface area (TPSA) is 37.3 Å². The van der Waals surface area contributed by atoms with Gasteiger partial charge in [0, 0.05) is 4.47 Å². The average Bonchev–Trinajstić information content (AvgIpc) is 2.44. The minimum absolute atomic E-state index is 0.293. The number of carbonyl (C=O) groups is 1. The van der Waals surface area contributed by atoms with Gasteiger partial charge in [-0.1, -0.05) is 45.8 Å². The Hall–Kier alpha value is -1.68. The van der Waals surface area contributed by atoms with Crippen LogP contribution in [0.4, 0.5) is 4.39 Å². The zero-order valence-electron chi connectivity index (χ0n) is 11.6. The van der Waals surface area contributed by atoms with E-state index in [1.54, 1.807) is 6.07 Å². The minimum Gasteiger partial charge on any atom is -0.481 e. The molecule has 0 saturated heterocycles. The molecule has 0 aliphatic heterocycles. The van der Waals surface area contributed by atoms with E-state index in [4.69, 9.17) is 0 Å². The van der Waals surface area contributed by atoms with E-state index in [9.17, 15) is 14.3 Å². The molecule has 2 rings (SSSR count). The second-order valence-electron chi connectivity index (χ2n) is 5.16. The fourth-order valence-corrected chi connectivity index (χ4v) is 2.63. The Morgan fingerprint density at radius 1 is 1.19 bits per heavy atom. The number of benzene rings is 2. The van der Waals surface area contributed by atoms with Crippen LogP contribution in [-0.4, -0.2) is 11.1 Å². The van der Waals surface area contributed by atoms with Gasteiger partial charge in [-0.05, 0) is 49.1 Å². The first-order valence-electron chi connectivity index (χ1n) is 6.68. The van der Waals surface area contributed by atoms with E-state index in [1.165, 1.54) is 12.1 Å². The van der Waals surface area contributed by atoms with Crippen LogP contribution in [0.2, 0.25) is 0 Å². The van der Waals surface area contributed by atoms with Crippen LogP contribution in [0, 0.1) is 18.7 Å². The highest BCUT2D eigenvalue weighted by molar-refractivity contribution is 9.10. The van der Waals surface area contributed by atoms with Crippen molar-refractivity contribution in [3.05, 3.63) is 69.4 Å². The van der Waals surface area contributed by atoms with Gasteiger partial charge in [0.2, 0.25) is 0 Å². The zero-order valence-corrected chi connectivity index (χ0v) is 13.2. The van der Waals surface area contributed by atoms with Gasteiger partial charge in [0.25, 0.3) is 0 Å². The van der Waals surface area contributed by atoms with Crippen molar-refractivity contribution in [3.8, 4) is 0 Å². The molecule has 2 nitrogen and oxygen atoms in total. The smallest absolute Gasteiger partial charge is 0.307 e. The van der Waals surface area contributed by atoms with Crippen molar-refractivity contribution in [3.63, 3.8) is 0 Å². The van der Waals surface area contributed by atoms with Crippen LogP contribution < -0.4 is 0 Å². The lowest BCUT2D eigenvalue weighted by molar-refractivity contribution is -0.141. The maximum absolute atomic E-state index is 13.3. The Morgan fingerprint density at radius 3 is 2.48 bits per heavy atom. The molecule has 1 unspecified atom stereocenters. The van der Waals surface area contributed by atoms with Crippen LogP contribution in [0.15, 0.2) is 46.9 Å². The fraction of sp³-hybridized carbons (Fsp3) is 0.235. The van der Waals surface area contributed by atoms with Gasteiger partial charge in [-0.25, -0.2) is 4.39 Å². The standard InChI is InChI=1S/C17H16BrFO2/c1-11-2-4-12(5-3-11)8-14(17(20)21)9-13-10-15(19)6-7-16(13)18/h2-7,10,14H,8-9H2,1H3,(H,20,21). The molecule has 2 aromatic rings. The fourth-order valence-electron chi connectivity index (χ4n) is 2.22.